The van der Waals surface area contributed by atoms with E-state index in [1.165, 1.54) is 35.0 Å². The van der Waals surface area contributed by atoms with E-state index in [-0.39, 0.29) is 6.23 Å². The molecule has 4 nitrogen and oxygen atoms in total. The molecule has 1 aliphatic carbocycles. The number of nitrogens with zero attached hydrogens (tertiary/aromatic N) is 1. The van der Waals surface area contributed by atoms with Gasteiger partial charge in [-0.05, 0) is 48.8 Å². The van der Waals surface area contributed by atoms with Gasteiger partial charge in [0.1, 0.15) is 12.0 Å². The van der Waals surface area contributed by atoms with Crippen molar-refractivity contribution in [2.75, 3.05) is 13.7 Å². The van der Waals surface area contributed by atoms with Gasteiger partial charge in [0.2, 0.25) is 0 Å². The van der Waals surface area contributed by atoms with Crippen molar-refractivity contribution in [3.63, 3.8) is 0 Å². The van der Waals surface area contributed by atoms with Crippen molar-refractivity contribution < 1.29 is 9.84 Å². The van der Waals surface area contributed by atoms with Gasteiger partial charge in [-0.2, -0.15) is 0 Å². The topological polar surface area (TPSA) is 48.5 Å². The van der Waals surface area contributed by atoms with E-state index in [0.29, 0.717) is 23.8 Å². The van der Waals surface area contributed by atoms with E-state index in [0.717, 1.165) is 25.1 Å². The third-order valence-corrected chi connectivity index (χ3v) is 6.86. The number of nitrogens with one attached hydrogen (secondary N) is 1. The molecule has 1 saturated carbocycles. The van der Waals surface area contributed by atoms with Crippen LogP contribution in [0, 0.1) is 11.8 Å². The molecule has 0 radical (unpaired) electrons. The number of aromatic amines is 1. The Bertz CT molecular complexity index is 783. The van der Waals surface area contributed by atoms with E-state index >= 15 is 0 Å². The molecule has 4 aliphatic rings. The van der Waals surface area contributed by atoms with E-state index in [1.807, 2.05) is 0 Å². The Kier molecular flexibility index (Phi) is 3.23. The van der Waals surface area contributed by atoms with Crippen LogP contribution in [0.15, 0.2) is 18.2 Å². The number of piperidine rings is 2. The highest BCUT2D eigenvalue weighted by molar-refractivity contribution is 5.86. The maximum atomic E-state index is 10.7. The smallest absolute Gasteiger partial charge is 0.120 e. The van der Waals surface area contributed by atoms with Crippen LogP contribution in [0.25, 0.3) is 10.9 Å². The minimum absolute atomic E-state index is 0.232. The molecular weight excluding hydrogens is 300 g/mol. The van der Waals surface area contributed by atoms with Crippen LogP contribution in [-0.2, 0) is 6.42 Å². The number of rotatable bonds is 2. The molecule has 6 atom stereocenters. The van der Waals surface area contributed by atoms with Gasteiger partial charge in [-0.1, -0.05) is 13.3 Å². The molecule has 6 rings (SSSR count). The zero-order valence-electron chi connectivity index (χ0n) is 14.5. The van der Waals surface area contributed by atoms with Crippen molar-refractivity contribution in [1.29, 1.82) is 0 Å². The first-order valence-corrected chi connectivity index (χ1v) is 9.33. The van der Waals surface area contributed by atoms with Crippen molar-refractivity contribution in [3.8, 4) is 5.75 Å². The van der Waals surface area contributed by atoms with Crippen molar-refractivity contribution >= 4 is 10.9 Å². The number of fused-ring (bicyclic) bond motifs is 4. The molecule has 1 aromatic heterocycles. The summed E-state index contributed by atoms with van der Waals surface area (Å²) in [5, 5.41) is 12.1. The summed E-state index contributed by atoms with van der Waals surface area (Å²) in [7, 11) is 1.72. The first kappa shape index (κ1) is 14.8. The Morgan fingerprint density at radius 3 is 3.00 bits per heavy atom. The Labute approximate surface area is 142 Å². The van der Waals surface area contributed by atoms with Crippen LogP contribution in [0.5, 0.6) is 5.75 Å². The van der Waals surface area contributed by atoms with Crippen molar-refractivity contribution in [3.05, 3.63) is 29.5 Å². The van der Waals surface area contributed by atoms with Crippen LogP contribution in [0.4, 0.5) is 0 Å². The summed E-state index contributed by atoms with van der Waals surface area (Å²) in [6.45, 7) is 3.28. The number of ether oxygens (including phenoxy) is 1. The van der Waals surface area contributed by atoms with Gasteiger partial charge < -0.3 is 14.8 Å². The monoisotopic (exact) mass is 326 g/mol. The van der Waals surface area contributed by atoms with Crippen LogP contribution < -0.4 is 4.74 Å². The summed E-state index contributed by atoms with van der Waals surface area (Å²) >= 11 is 0. The number of aliphatic hydroxyl groups excluding tert-OH is 1. The molecule has 128 valence electrons. The quantitative estimate of drug-likeness (QED) is 0.890. The van der Waals surface area contributed by atoms with Gasteiger partial charge in [-0.3, -0.25) is 4.90 Å². The summed E-state index contributed by atoms with van der Waals surface area (Å²) < 4.78 is 5.40. The fraction of sp³-hybridized carbons (Fsp3) is 0.600. The summed E-state index contributed by atoms with van der Waals surface area (Å²) in [5.41, 5.74) is 4.10. The maximum Gasteiger partial charge on any atom is 0.120 e. The van der Waals surface area contributed by atoms with Gasteiger partial charge in [0.15, 0.2) is 0 Å². The Morgan fingerprint density at radius 1 is 1.33 bits per heavy atom. The van der Waals surface area contributed by atoms with Gasteiger partial charge in [0.05, 0.1) is 7.11 Å². The second-order valence-electron chi connectivity index (χ2n) is 7.83. The highest BCUT2D eigenvalue weighted by atomic mass is 16.5. The number of H-pyrrole nitrogens is 1. The highest BCUT2D eigenvalue weighted by Gasteiger charge is 2.52. The Morgan fingerprint density at radius 2 is 2.21 bits per heavy atom. The van der Waals surface area contributed by atoms with E-state index in [9.17, 15) is 5.11 Å². The van der Waals surface area contributed by atoms with Crippen molar-refractivity contribution in [2.24, 2.45) is 11.8 Å². The lowest BCUT2D eigenvalue weighted by Crippen LogP contribution is -2.61. The summed E-state index contributed by atoms with van der Waals surface area (Å²) in [4.78, 5) is 6.16. The third kappa shape index (κ3) is 1.87. The van der Waals surface area contributed by atoms with Gasteiger partial charge in [0, 0.05) is 41.2 Å². The van der Waals surface area contributed by atoms with E-state index in [2.05, 4.69) is 35.0 Å². The molecule has 0 amide bonds. The fourth-order valence-corrected chi connectivity index (χ4v) is 5.80. The highest BCUT2D eigenvalue weighted by Crippen LogP contribution is 2.52. The predicted octanol–water partition coefficient (Wildman–Crippen LogP) is 3.26. The second kappa shape index (κ2) is 5.24. The summed E-state index contributed by atoms with van der Waals surface area (Å²) in [6.07, 6.45) is 4.32. The molecular formula is C20H26N2O2. The number of hydrogen-bond donors (Lipinski definition) is 2. The lowest BCUT2D eigenvalue weighted by atomic mass is 9.64. The van der Waals surface area contributed by atoms with Crippen LogP contribution in [0.3, 0.4) is 0 Å². The maximum absolute atomic E-state index is 10.7. The van der Waals surface area contributed by atoms with Crippen LogP contribution >= 0.6 is 0 Å². The molecule has 4 heteroatoms. The lowest BCUT2D eigenvalue weighted by molar-refractivity contribution is -0.156. The molecule has 4 bridgehead atoms. The van der Waals surface area contributed by atoms with E-state index in [1.54, 1.807) is 7.11 Å². The van der Waals surface area contributed by atoms with Crippen LogP contribution in [0.1, 0.15) is 43.4 Å². The molecule has 24 heavy (non-hydrogen) atoms. The molecule has 1 aromatic carbocycles. The molecule has 4 heterocycles. The van der Waals surface area contributed by atoms with E-state index in [4.69, 9.17) is 4.74 Å². The first-order valence-electron chi connectivity index (χ1n) is 9.33. The molecule has 2 aromatic rings. The SMILES string of the molecule is CCC1C[C@@H]2C[C@H]3c4[nH]c5cc(OC)ccc5c4CCN(C2O)[C@@H]13. The van der Waals surface area contributed by atoms with Gasteiger partial charge in [0.25, 0.3) is 0 Å². The van der Waals surface area contributed by atoms with E-state index < -0.39 is 0 Å². The lowest BCUT2D eigenvalue weighted by Gasteiger charge is -2.55. The summed E-state index contributed by atoms with van der Waals surface area (Å²) in [6, 6.07) is 6.87. The normalized spacial score (nSPS) is 37.3. The fourth-order valence-electron chi connectivity index (χ4n) is 5.80. The molecule has 2 N–H and O–H groups in total. The second-order valence-corrected chi connectivity index (χ2v) is 7.83. The molecule has 3 aliphatic heterocycles. The average Bonchev–Trinajstić information content (AvgIpc) is 2.91. The number of hydrogen-bond acceptors (Lipinski definition) is 3. The molecule has 2 saturated heterocycles. The Hall–Kier alpha value is -1.52. The minimum Gasteiger partial charge on any atom is -0.497 e. The van der Waals surface area contributed by atoms with Crippen molar-refractivity contribution in [2.45, 2.75) is 50.8 Å². The Balaban J connectivity index is 1.66. The van der Waals surface area contributed by atoms with Crippen LogP contribution in [-0.4, -0.2) is 40.9 Å². The number of benzene rings is 1. The predicted molar refractivity (Wildman–Crippen MR) is 94.3 cm³/mol. The summed E-state index contributed by atoms with van der Waals surface area (Å²) in [5.74, 6) is 2.58. The van der Waals surface area contributed by atoms with Gasteiger partial charge in [-0.25, -0.2) is 0 Å². The minimum atomic E-state index is -0.232. The number of aliphatic hydroxyl groups is 1. The van der Waals surface area contributed by atoms with Gasteiger partial charge in [-0.15, -0.1) is 0 Å². The number of aromatic nitrogens is 1. The average molecular weight is 326 g/mol. The largest absolute Gasteiger partial charge is 0.497 e. The van der Waals surface area contributed by atoms with Crippen LogP contribution in [0.2, 0.25) is 0 Å². The molecule has 3 unspecified atom stereocenters. The zero-order chi connectivity index (χ0) is 16.4. The molecule has 0 spiro atoms. The third-order valence-electron chi connectivity index (χ3n) is 6.86. The van der Waals surface area contributed by atoms with Gasteiger partial charge >= 0.3 is 0 Å². The molecule has 3 fully saturated rings. The zero-order valence-corrected chi connectivity index (χ0v) is 14.5. The standard InChI is InChI=1S/C20H26N2O2/c1-3-11-8-12-9-16-18-15(6-7-22(19(11)16)20(12)23)14-5-4-13(24-2)10-17(14)21-18/h4-5,10-12,16,19-21,23H,3,6-9H2,1-2H3/t11?,12-,16+,19+,20?/m1/s1. The number of methoxy groups -OCH3 is 1. The van der Waals surface area contributed by atoms with Crippen molar-refractivity contribution in [1.82, 2.24) is 9.88 Å². The first-order chi connectivity index (χ1) is 11.7.